The van der Waals surface area contributed by atoms with Crippen molar-refractivity contribution in [3.8, 4) is 11.3 Å². The Kier molecular flexibility index (Phi) is 3.62. The molecular formula is C13H11BrClN. The molecule has 0 spiro atoms. The standard InChI is InChI=1S/C13H11BrClN/c1-9-11(8-14)4-7-13(16-9)10-2-5-12(15)6-3-10/h2-7H,8H2,1H3. The first-order chi connectivity index (χ1) is 7.70. The van der Waals surface area contributed by atoms with Crippen LogP contribution in [-0.2, 0) is 5.33 Å². The van der Waals surface area contributed by atoms with Crippen molar-refractivity contribution >= 4 is 27.5 Å². The summed E-state index contributed by atoms with van der Waals surface area (Å²) in [6.07, 6.45) is 0. The van der Waals surface area contributed by atoms with Crippen molar-refractivity contribution < 1.29 is 0 Å². The van der Waals surface area contributed by atoms with Crippen molar-refractivity contribution in [2.75, 3.05) is 0 Å². The van der Waals surface area contributed by atoms with E-state index in [1.165, 1.54) is 5.56 Å². The van der Waals surface area contributed by atoms with Gasteiger partial charge in [-0.15, -0.1) is 0 Å². The summed E-state index contributed by atoms with van der Waals surface area (Å²) in [4.78, 5) is 4.57. The van der Waals surface area contributed by atoms with Gasteiger partial charge in [0.1, 0.15) is 0 Å². The van der Waals surface area contributed by atoms with Crippen LogP contribution < -0.4 is 0 Å². The Hall–Kier alpha value is -0.860. The monoisotopic (exact) mass is 295 g/mol. The van der Waals surface area contributed by atoms with Gasteiger partial charge in [-0.3, -0.25) is 4.98 Å². The Morgan fingerprint density at radius 1 is 1.12 bits per heavy atom. The predicted molar refractivity (Wildman–Crippen MR) is 72.1 cm³/mol. The number of benzene rings is 1. The third-order valence-electron chi connectivity index (χ3n) is 2.48. The third kappa shape index (κ3) is 2.45. The van der Waals surface area contributed by atoms with Crippen molar-refractivity contribution in [1.82, 2.24) is 4.98 Å². The average molecular weight is 297 g/mol. The summed E-state index contributed by atoms with van der Waals surface area (Å²) in [5.74, 6) is 0. The van der Waals surface area contributed by atoms with Crippen molar-refractivity contribution in [3.05, 3.63) is 52.7 Å². The van der Waals surface area contributed by atoms with Crippen molar-refractivity contribution in [3.63, 3.8) is 0 Å². The Balaban J connectivity index is 2.41. The molecule has 1 aromatic heterocycles. The van der Waals surface area contributed by atoms with Crippen LogP contribution in [0.2, 0.25) is 5.02 Å². The molecule has 0 radical (unpaired) electrons. The van der Waals surface area contributed by atoms with Crippen LogP contribution in [0.4, 0.5) is 0 Å². The molecule has 0 saturated heterocycles. The molecule has 0 aliphatic rings. The molecule has 0 aliphatic carbocycles. The van der Waals surface area contributed by atoms with Gasteiger partial charge in [0.05, 0.1) is 5.69 Å². The largest absolute Gasteiger partial charge is 0.253 e. The SMILES string of the molecule is Cc1nc(-c2ccc(Cl)cc2)ccc1CBr. The van der Waals surface area contributed by atoms with Gasteiger partial charge in [-0.2, -0.15) is 0 Å². The van der Waals surface area contributed by atoms with Crippen molar-refractivity contribution in [2.45, 2.75) is 12.3 Å². The van der Waals surface area contributed by atoms with E-state index in [0.717, 1.165) is 27.3 Å². The molecule has 1 nitrogen and oxygen atoms in total. The van der Waals surface area contributed by atoms with E-state index >= 15 is 0 Å². The van der Waals surface area contributed by atoms with Crippen LogP contribution in [0.15, 0.2) is 36.4 Å². The highest BCUT2D eigenvalue weighted by Crippen LogP contribution is 2.21. The highest BCUT2D eigenvalue weighted by molar-refractivity contribution is 9.08. The molecule has 0 amide bonds. The fourth-order valence-corrected chi connectivity index (χ4v) is 2.23. The second-order valence-electron chi connectivity index (χ2n) is 3.58. The molecule has 2 aromatic rings. The minimum absolute atomic E-state index is 0.748. The molecule has 0 N–H and O–H groups in total. The third-order valence-corrected chi connectivity index (χ3v) is 3.34. The minimum atomic E-state index is 0.748. The maximum Gasteiger partial charge on any atom is 0.0705 e. The number of pyridine rings is 1. The number of nitrogens with zero attached hydrogens (tertiary/aromatic N) is 1. The van der Waals surface area contributed by atoms with Gasteiger partial charge in [0.2, 0.25) is 0 Å². The first kappa shape index (κ1) is 11.6. The number of alkyl halides is 1. The van der Waals surface area contributed by atoms with Gasteiger partial charge in [0.15, 0.2) is 0 Å². The fourth-order valence-electron chi connectivity index (χ4n) is 1.51. The molecule has 0 unspecified atom stereocenters. The van der Waals surface area contributed by atoms with Crippen LogP contribution in [0.3, 0.4) is 0 Å². The summed E-state index contributed by atoms with van der Waals surface area (Å²) in [5, 5.41) is 1.59. The molecule has 2 rings (SSSR count). The van der Waals surface area contributed by atoms with Gasteiger partial charge in [-0.25, -0.2) is 0 Å². The van der Waals surface area contributed by atoms with E-state index in [0.29, 0.717) is 0 Å². The molecule has 0 bridgehead atoms. The lowest BCUT2D eigenvalue weighted by Crippen LogP contribution is -1.91. The zero-order valence-electron chi connectivity index (χ0n) is 8.87. The first-order valence-corrected chi connectivity index (χ1v) is 6.49. The lowest BCUT2D eigenvalue weighted by molar-refractivity contribution is 1.15. The Morgan fingerprint density at radius 3 is 2.38 bits per heavy atom. The molecule has 0 fully saturated rings. The zero-order chi connectivity index (χ0) is 11.5. The number of aromatic nitrogens is 1. The van der Waals surface area contributed by atoms with E-state index in [4.69, 9.17) is 11.6 Å². The van der Waals surface area contributed by atoms with Gasteiger partial charge < -0.3 is 0 Å². The van der Waals surface area contributed by atoms with Crippen LogP contribution in [0.25, 0.3) is 11.3 Å². The Bertz CT molecular complexity index is 494. The minimum Gasteiger partial charge on any atom is -0.253 e. The molecule has 0 saturated carbocycles. The number of halogens is 2. The maximum atomic E-state index is 5.85. The average Bonchev–Trinajstić information content (AvgIpc) is 2.30. The van der Waals surface area contributed by atoms with E-state index in [1.807, 2.05) is 37.3 Å². The first-order valence-electron chi connectivity index (χ1n) is 4.99. The van der Waals surface area contributed by atoms with Crippen LogP contribution in [0, 0.1) is 6.92 Å². The number of hydrogen-bond donors (Lipinski definition) is 0. The second kappa shape index (κ2) is 4.98. The predicted octanol–water partition coefficient (Wildman–Crippen LogP) is 4.61. The van der Waals surface area contributed by atoms with E-state index < -0.39 is 0 Å². The molecular weight excluding hydrogens is 286 g/mol. The van der Waals surface area contributed by atoms with E-state index in [9.17, 15) is 0 Å². The molecule has 1 heterocycles. The van der Waals surface area contributed by atoms with Crippen molar-refractivity contribution in [1.29, 1.82) is 0 Å². The van der Waals surface area contributed by atoms with Crippen LogP contribution in [-0.4, -0.2) is 4.98 Å². The zero-order valence-corrected chi connectivity index (χ0v) is 11.2. The Labute approximate surface area is 109 Å². The van der Waals surface area contributed by atoms with E-state index in [2.05, 4.69) is 27.0 Å². The summed E-state index contributed by atoms with van der Waals surface area (Å²) < 4.78 is 0. The van der Waals surface area contributed by atoms with E-state index in [-0.39, 0.29) is 0 Å². The van der Waals surface area contributed by atoms with Gasteiger partial charge in [0.25, 0.3) is 0 Å². The fraction of sp³-hybridized carbons (Fsp3) is 0.154. The highest BCUT2D eigenvalue weighted by atomic mass is 79.9. The molecule has 0 atom stereocenters. The summed E-state index contributed by atoms with van der Waals surface area (Å²) in [6, 6.07) is 11.9. The van der Waals surface area contributed by atoms with Crippen LogP contribution in [0.5, 0.6) is 0 Å². The van der Waals surface area contributed by atoms with E-state index in [1.54, 1.807) is 0 Å². The summed E-state index contributed by atoms with van der Waals surface area (Å²) in [6.45, 7) is 2.02. The van der Waals surface area contributed by atoms with Crippen LogP contribution >= 0.6 is 27.5 Å². The molecule has 16 heavy (non-hydrogen) atoms. The van der Waals surface area contributed by atoms with Gasteiger partial charge in [0, 0.05) is 21.6 Å². The van der Waals surface area contributed by atoms with Gasteiger partial charge in [-0.05, 0) is 30.7 Å². The molecule has 1 aromatic carbocycles. The number of rotatable bonds is 2. The summed E-state index contributed by atoms with van der Waals surface area (Å²) in [5.41, 5.74) is 4.36. The molecule has 0 aliphatic heterocycles. The highest BCUT2D eigenvalue weighted by Gasteiger charge is 2.02. The second-order valence-corrected chi connectivity index (χ2v) is 4.58. The topological polar surface area (TPSA) is 12.9 Å². The summed E-state index contributed by atoms with van der Waals surface area (Å²) in [7, 11) is 0. The Morgan fingerprint density at radius 2 is 1.81 bits per heavy atom. The smallest absolute Gasteiger partial charge is 0.0705 e. The maximum absolute atomic E-state index is 5.85. The number of hydrogen-bond acceptors (Lipinski definition) is 1. The van der Waals surface area contributed by atoms with Gasteiger partial charge in [-0.1, -0.05) is 45.7 Å². The van der Waals surface area contributed by atoms with Crippen molar-refractivity contribution in [2.24, 2.45) is 0 Å². The molecule has 82 valence electrons. The summed E-state index contributed by atoms with van der Waals surface area (Å²) >= 11 is 9.29. The lowest BCUT2D eigenvalue weighted by atomic mass is 10.1. The quantitative estimate of drug-likeness (QED) is 0.738. The molecule has 3 heteroatoms. The van der Waals surface area contributed by atoms with Crippen LogP contribution in [0.1, 0.15) is 11.3 Å². The van der Waals surface area contributed by atoms with Gasteiger partial charge >= 0.3 is 0 Å². The lowest BCUT2D eigenvalue weighted by Gasteiger charge is -2.05. The number of aryl methyl sites for hydroxylation is 1. The normalized spacial score (nSPS) is 10.4.